The fourth-order valence-electron chi connectivity index (χ4n) is 1.38. The smallest absolute Gasteiger partial charge is 0.315 e. The summed E-state index contributed by atoms with van der Waals surface area (Å²) in [5.74, 6) is -0.365. The van der Waals surface area contributed by atoms with Crippen LogP contribution in [-0.2, 0) is 11.3 Å². The molecule has 2 amide bonds. The van der Waals surface area contributed by atoms with E-state index in [0.717, 1.165) is 0 Å². The Morgan fingerprint density at radius 3 is 2.95 bits per heavy atom. The van der Waals surface area contributed by atoms with E-state index in [4.69, 9.17) is 4.74 Å². The Labute approximate surface area is 119 Å². The average molecular weight is 335 g/mol. The number of urea groups is 1. The molecule has 0 radical (unpaired) electrons. The van der Waals surface area contributed by atoms with Crippen LogP contribution in [0.15, 0.2) is 22.7 Å². The van der Waals surface area contributed by atoms with Gasteiger partial charge in [0.25, 0.3) is 0 Å². The minimum absolute atomic E-state index is 0.0873. The Kier molecular flexibility index (Phi) is 6.75. The zero-order chi connectivity index (χ0) is 14.3. The minimum Gasteiger partial charge on any atom is -0.389 e. The predicted molar refractivity (Wildman–Crippen MR) is 72.2 cm³/mol. The lowest BCUT2D eigenvalue weighted by Gasteiger charge is -2.12. The highest BCUT2D eigenvalue weighted by Gasteiger charge is 2.07. The maximum atomic E-state index is 13.0. The molecule has 5 nitrogen and oxygen atoms in total. The van der Waals surface area contributed by atoms with Crippen LogP contribution in [-0.4, -0.2) is 37.5 Å². The Balaban J connectivity index is 2.35. The van der Waals surface area contributed by atoms with E-state index < -0.39 is 12.1 Å². The molecule has 0 saturated carbocycles. The van der Waals surface area contributed by atoms with Crippen LogP contribution in [0.2, 0.25) is 0 Å². The monoisotopic (exact) mass is 334 g/mol. The van der Waals surface area contributed by atoms with Crippen LogP contribution in [0.25, 0.3) is 0 Å². The average Bonchev–Trinajstić information content (AvgIpc) is 2.38. The first-order chi connectivity index (χ1) is 9.02. The second kappa shape index (κ2) is 8.08. The largest absolute Gasteiger partial charge is 0.389 e. The summed E-state index contributed by atoms with van der Waals surface area (Å²) >= 11 is 3.27. The second-order valence-electron chi connectivity index (χ2n) is 3.91. The topological polar surface area (TPSA) is 70.6 Å². The summed E-state index contributed by atoms with van der Waals surface area (Å²) in [6.07, 6.45) is -0.753. The molecular formula is C12H16BrFN2O3. The standard InChI is InChI=1S/C12H16BrFN2O3/c1-19-7-10(17)6-16-12(18)15-5-8-4-9(14)2-3-11(8)13/h2-4,10,17H,5-7H2,1H3,(H2,15,16,18). The number of aliphatic hydroxyl groups is 1. The quantitative estimate of drug-likeness (QED) is 0.736. The highest BCUT2D eigenvalue weighted by molar-refractivity contribution is 9.10. The summed E-state index contributed by atoms with van der Waals surface area (Å²) in [5.41, 5.74) is 0.632. The van der Waals surface area contributed by atoms with Gasteiger partial charge in [-0.05, 0) is 23.8 Å². The third-order valence-electron chi connectivity index (χ3n) is 2.30. The first kappa shape index (κ1) is 15.9. The van der Waals surface area contributed by atoms with Gasteiger partial charge in [0, 0.05) is 24.7 Å². The Morgan fingerprint density at radius 1 is 1.53 bits per heavy atom. The van der Waals surface area contributed by atoms with E-state index in [2.05, 4.69) is 26.6 Å². The van der Waals surface area contributed by atoms with Gasteiger partial charge in [0.1, 0.15) is 5.82 Å². The normalized spacial score (nSPS) is 12.0. The van der Waals surface area contributed by atoms with E-state index in [1.54, 1.807) is 6.07 Å². The van der Waals surface area contributed by atoms with Crippen molar-refractivity contribution in [3.05, 3.63) is 34.1 Å². The summed E-state index contributed by atoms with van der Waals surface area (Å²) in [6, 6.07) is 3.80. The molecule has 106 valence electrons. The van der Waals surface area contributed by atoms with Crippen LogP contribution in [0.4, 0.5) is 9.18 Å². The number of benzene rings is 1. The van der Waals surface area contributed by atoms with Gasteiger partial charge >= 0.3 is 6.03 Å². The van der Waals surface area contributed by atoms with Crippen molar-refractivity contribution in [1.29, 1.82) is 0 Å². The maximum absolute atomic E-state index is 13.0. The lowest BCUT2D eigenvalue weighted by atomic mass is 10.2. The van der Waals surface area contributed by atoms with Gasteiger partial charge < -0.3 is 20.5 Å². The molecule has 0 aliphatic rings. The number of hydrogen-bond donors (Lipinski definition) is 3. The second-order valence-corrected chi connectivity index (χ2v) is 4.76. The fourth-order valence-corrected chi connectivity index (χ4v) is 1.77. The highest BCUT2D eigenvalue weighted by atomic mass is 79.9. The number of carbonyl (C=O) groups excluding carboxylic acids is 1. The number of aliphatic hydroxyl groups excluding tert-OH is 1. The van der Waals surface area contributed by atoms with E-state index >= 15 is 0 Å². The molecule has 0 fully saturated rings. The SMILES string of the molecule is COCC(O)CNC(=O)NCc1cc(F)ccc1Br. The summed E-state index contributed by atoms with van der Waals surface area (Å²) in [7, 11) is 1.46. The van der Waals surface area contributed by atoms with Gasteiger partial charge in [0.05, 0.1) is 12.7 Å². The number of ether oxygens (including phenoxy) is 1. The molecule has 0 aliphatic carbocycles. The molecule has 1 unspecified atom stereocenters. The van der Waals surface area contributed by atoms with Gasteiger partial charge in [-0.1, -0.05) is 15.9 Å². The van der Waals surface area contributed by atoms with Crippen molar-refractivity contribution in [3.8, 4) is 0 Å². The summed E-state index contributed by atoms with van der Waals surface area (Å²) in [5, 5.41) is 14.4. The van der Waals surface area contributed by atoms with Crippen LogP contribution < -0.4 is 10.6 Å². The van der Waals surface area contributed by atoms with Gasteiger partial charge in [0.15, 0.2) is 0 Å². The summed E-state index contributed by atoms with van der Waals surface area (Å²) in [4.78, 5) is 11.4. The van der Waals surface area contributed by atoms with Crippen molar-refractivity contribution in [2.24, 2.45) is 0 Å². The van der Waals surface area contributed by atoms with Crippen LogP contribution in [0.1, 0.15) is 5.56 Å². The molecule has 1 aromatic rings. The summed E-state index contributed by atoms with van der Waals surface area (Å²) in [6.45, 7) is 0.421. The molecule has 0 aromatic heterocycles. The van der Waals surface area contributed by atoms with Gasteiger partial charge in [-0.2, -0.15) is 0 Å². The van der Waals surface area contributed by atoms with E-state index in [0.29, 0.717) is 10.0 Å². The molecule has 1 rings (SSSR count). The molecule has 0 saturated heterocycles. The third-order valence-corrected chi connectivity index (χ3v) is 3.08. The molecule has 1 aromatic carbocycles. The van der Waals surface area contributed by atoms with E-state index in [9.17, 15) is 14.3 Å². The van der Waals surface area contributed by atoms with Gasteiger partial charge in [-0.25, -0.2) is 9.18 Å². The molecule has 0 heterocycles. The van der Waals surface area contributed by atoms with Crippen LogP contribution in [0.5, 0.6) is 0 Å². The van der Waals surface area contributed by atoms with Crippen LogP contribution in [0, 0.1) is 5.82 Å². The van der Waals surface area contributed by atoms with E-state index in [1.807, 2.05) is 0 Å². The van der Waals surface area contributed by atoms with Crippen LogP contribution >= 0.6 is 15.9 Å². The lowest BCUT2D eigenvalue weighted by Crippen LogP contribution is -2.40. The molecule has 19 heavy (non-hydrogen) atoms. The molecule has 7 heteroatoms. The summed E-state index contributed by atoms with van der Waals surface area (Å²) < 4.78 is 18.5. The first-order valence-electron chi connectivity index (χ1n) is 5.65. The van der Waals surface area contributed by atoms with Crippen molar-refractivity contribution < 1.29 is 19.0 Å². The number of nitrogens with one attached hydrogen (secondary N) is 2. The molecular weight excluding hydrogens is 319 g/mol. The number of methoxy groups -OCH3 is 1. The highest BCUT2D eigenvalue weighted by Crippen LogP contribution is 2.17. The first-order valence-corrected chi connectivity index (χ1v) is 6.45. The molecule has 0 spiro atoms. The number of carbonyl (C=O) groups is 1. The van der Waals surface area contributed by atoms with E-state index in [1.165, 1.54) is 19.2 Å². The van der Waals surface area contributed by atoms with Crippen LogP contribution in [0.3, 0.4) is 0 Å². The van der Waals surface area contributed by atoms with Crippen molar-refractivity contribution in [2.75, 3.05) is 20.3 Å². The zero-order valence-corrected chi connectivity index (χ0v) is 12.0. The van der Waals surface area contributed by atoms with E-state index in [-0.39, 0.29) is 25.5 Å². The zero-order valence-electron chi connectivity index (χ0n) is 10.5. The number of rotatable bonds is 6. The van der Waals surface area contributed by atoms with Crippen molar-refractivity contribution in [3.63, 3.8) is 0 Å². The predicted octanol–water partition coefficient (Wildman–Crippen LogP) is 1.39. The minimum atomic E-state index is -0.753. The number of halogens is 2. The molecule has 3 N–H and O–H groups in total. The van der Waals surface area contributed by atoms with Crippen molar-refractivity contribution in [1.82, 2.24) is 10.6 Å². The Morgan fingerprint density at radius 2 is 2.26 bits per heavy atom. The van der Waals surface area contributed by atoms with Gasteiger partial charge in [-0.15, -0.1) is 0 Å². The van der Waals surface area contributed by atoms with Crippen molar-refractivity contribution >= 4 is 22.0 Å². The van der Waals surface area contributed by atoms with Gasteiger partial charge in [-0.3, -0.25) is 0 Å². The fraction of sp³-hybridized carbons (Fsp3) is 0.417. The maximum Gasteiger partial charge on any atom is 0.315 e. The molecule has 0 bridgehead atoms. The number of hydrogen-bond acceptors (Lipinski definition) is 3. The molecule has 0 aliphatic heterocycles. The lowest BCUT2D eigenvalue weighted by molar-refractivity contribution is 0.0660. The Bertz CT molecular complexity index is 431. The number of amides is 2. The Hall–Kier alpha value is -1.18. The van der Waals surface area contributed by atoms with Crippen molar-refractivity contribution in [2.45, 2.75) is 12.6 Å². The van der Waals surface area contributed by atoms with Gasteiger partial charge in [0.2, 0.25) is 0 Å². The molecule has 1 atom stereocenters. The third kappa shape index (κ3) is 6.00.